The third kappa shape index (κ3) is 17.5. The van der Waals surface area contributed by atoms with Crippen LogP contribution in [-0.2, 0) is 9.59 Å². The Morgan fingerprint density at radius 3 is 1.52 bits per heavy atom. The number of nitrogens with zero attached hydrogens (tertiary/aromatic N) is 1. The van der Waals surface area contributed by atoms with Crippen LogP contribution in [0.25, 0.3) is 0 Å². The maximum Gasteiger partial charge on any atom is 0.303 e. The quantitative estimate of drug-likeness (QED) is 0.270. The molecule has 3 atom stereocenters. The van der Waals surface area contributed by atoms with Gasteiger partial charge in [0.15, 0.2) is 0 Å². The third-order valence-electron chi connectivity index (χ3n) is 6.20. The lowest BCUT2D eigenvalue weighted by atomic mass is 9.91. The van der Waals surface area contributed by atoms with Crippen molar-refractivity contribution >= 4 is 11.9 Å². The van der Waals surface area contributed by atoms with Crippen LogP contribution in [0.15, 0.2) is 0 Å². The largest absolute Gasteiger partial charge is 0.481 e. The summed E-state index contributed by atoms with van der Waals surface area (Å²) in [6, 6.07) is 0. The molecule has 4 heteroatoms. The topological polar surface area (TPSA) is 57.6 Å². The monoisotopic (exact) mass is 411 g/mol. The molecule has 0 aliphatic heterocycles. The van der Waals surface area contributed by atoms with Gasteiger partial charge in [0.25, 0.3) is 0 Å². The van der Waals surface area contributed by atoms with Crippen molar-refractivity contribution in [2.24, 2.45) is 23.7 Å². The number of rotatable bonds is 18. The van der Waals surface area contributed by atoms with Gasteiger partial charge in [-0.3, -0.25) is 9.59 Å². The third-order valence-corrected chi connectivity index (χ3v) is 6.20. The van der Waals surface area contributed by atoms with Crippen molar-refractivity contribution in [2.45, 2.75) is 112 Å². The number of amides is 1. The summed E-state index contributed by atoms with van der Waals surface area (Å²) in [5.41, 5.74) is 0. The number of aliphatic carboxylic acids is 1. The number of carboxylic acid groups (broad SMARTS) is 1. The van der Waals surface area contributed by atoms with Crippen molar-refractivity contribution in [2.75, 3.05) is 13.6 Å². The second-order valence-electron chi connectivity index (χ2n) is 10.00. The number of carbonyl (C=O) groups is 2. The van der Waals surface area contributed by atoms with Gasteiger partial charge in [-0.05, 0) is 30.1 Å². The predicted octanol–water partition coefficient (Wildman–Crippen LogP) is 6.77. The van der Waals surface area contributed by atoms with Crippen LogP contribution < -0.4 is 0 Å². The molecule has 4 nitrogen and oxygen atoms in total. The summed E-state index contributed by atoms with van der Waals surface area (Å²) < 4.78 is 0. The Balaban J connectivity index is 3.73. The first-order chi connectivity index (χ1) is 13.6. The SMILES string of the molecule is CC(C)CCC[C@@H](C)CCC[C@@H](C)CCCC(C)CCN(C)C(=O)CCC(=O)O. The van der Waals surface area contributed by atoms with E-state index in [9.17, 15) is 9.59 Å². The summed E-state index contributed by atoms with van der Waals surface area (Å²) in [5, 5.41) is 8.67. The number of hydrogen-bond donors (Lipinski definition) is 1. The van der Waals surface area contributed by atoms with Gasteiger partial charge in [-0.1, -0.05) is 92.4 Å². The lowest BCUT2D eigenvalue weighted by Crippen LogP contribution is -2.29. The molecule has 29 heavy (non-hydrogen) atoms. The van der Waals surface area contributed by atoms with E-state index in [0.29, 0.717) is 5.92 Å². The van der Waals surface area contributed by atoms with E-state index in [-0.39, 0.29) is 18.7 Å². The van der Waals surface area contributed by atoms with E-state index < -0.39 is 5.97 Å². The molecular weight excluding hydrogens is 362 g/mol. The Bertz CT molecular complexity index is 436. The van der Waals surface area contributed by atoms with E-state index in [1.165, 1.54) is 57.8 Å². The van der Waals surface area contributed by atoms with E-state index >= 15 is 0 Å². The van der Waals surface area contributed by atoms with Crippen molar-refractivity contribution in [3.8, 4) is 0 Å². The zero-order valence-corrected chi connectivity index (χ0v) is 20.2. The molecule has 172 valence electrons. The highest BCUT2D eigenvalue weighted by Gasteiger charge is 2.13. The summed E-state index contributed by atoms with van der Waals surface area (Å²) in [5.74, 6) is 2.16. The molecule has 0 radical (unpaired) electrons. The summed E-state index contributed by atoms with van der Waals surface area (Å²) in [7, 11) is 1.78. The van der Waals surface area contributed by atoms with Gasteiger partial charge in [0, 0.05) is 20.0 Å². The van der Waals surface area contributed by atoms with Crippen LogP contribution in [0.3, 0.4) is 0 Å². The minimum absolute atomic E-state index is 0.0633. The summed E-state index contributed by atoms with van der Waals surface area (Å²) in [4.78, 5) is 24.1. The van der Waals surface area contributed by atoms with Gasteiger partial charge in [-0.2, -0.15) is 0 Å². The summed E-state index contributed by atoms with van der Waals surface area (Å²) in [6.45, 7) is 12.4. The van der Waals surface area contributed by atoms with Gasteiger partial charge in [-0.25, -0.2) is 0 Å². The van der Waals surface area contributed by atoms with Crippen LogP contribution in [-0.4, -0.2) is 35.5 Å². The zero-order chi connectivity index (χ0) is 22.2. The molecule has 0 saturated carbocycles. The fourth-order valence-electron chi connectivity index (χ4n) is 3.88. The van der Waals surface area contributed by atoms with E-state index in [1.807, 2.05) is 0 Å². The van der Waals surface area contributed by atoms with Crippen LogP contribution in [0, 0.1) is 23.7 Å². The van der Waals surface area contributed by atoms with E-state index in [0.717, 1.165) is 30.7 Å². The highest BCUT2D eigenvalue weighted by Crippen LogP contribution is 2.22. The second-order valence-corrected chi connectivity index (χ2v) is 10.00. The number of carboxylic acids is 1. The molecule has 0 spiro atoms. The van der Waals surface area contributed by atoms with Gasteiger partial charge in [0.05, 0.1) is 6.42 Å². The molecule has 1 unspecified atom stereocenters. The Labute approximate surface area is 180 Å². The molecule has 0 aromatic heterocycles. The Hall–Kier alpha value is -1.06. The molecule has 0 rings (SSSR count). The molecule has 0 aromatic rings. The van der Waals surface area contributed by atoms with Gasteiger partial charge in [-0.15, -0.1) is 0 Å². The van der Waals surface area contributed by atoms with Crippen molar-refractivity contribution in [3.05, 3.63) is 0 Å². The van der Waals surface area contributed by atoms with E-state index in [1.54, 1.807) is 11.9 Å². The highest BCUT2D eigenvalue weighted by molar-refractivity contribution is 5.80. The van der Waals surface area contributed by atoms with Crippen molar-refractivity contribution in [1.29, 1.82) is 0 Å². The number of carbonyl (C=O) groups excluding carboxylic acids is 1. The van der Waals surface area contributed by atoms with Gasteiger partial charge < -0.3 is 10.0 Å². The van der Waals surface area contributed by atoms with E-state index in [4.69, 9.17) is 5.11 Å². The van der Waals surface area contributed by atoms with Gasteiger partial charge >= 0.3 is 5.97 Å². The predicted molar refractivity (Wildman–Crippen MR) is 123 cm³/mol. The molecular formula is C25H49NO3. The summed E-state index contributed by atoms with van der Waals surface area (Å²) in [6.07, 6.45) is 13.0. The van der Waals surface area contributed by atoms with Crippen LogP contribution >= 0.6 is 0 Å². The lowest BCUT2D eigenvalue weighted by molar-refractivity contribution is -0.140. The standard InChI is InChI=1S/C25H49NO3/c1-20(2)10-7-11-21(3)12-8-13-22(4)14-9-15-23(5)18-19-26(6)24(27)16-17-25(28)29/h20-23H,7-19H2,1-6H3,(H,28,29)/t21-,22-,23?/m1/s1. The lowest BCUT2D eigenvalue weighted by Gasteiger charge is -2.20. The molecule has 1 amide bonds. The first kappa shape index (κ1) is 27.9. The molecule has 0 aliphatic carbocycles. The van der Waals surface area contributed by atoms with E-state index in [2.05, 4.69) is 34.6 Å². The smallest absolute Gasteiger partial charge is 0.303 e. The summed E-state index contributed by atoms with van der Waals surface area (Å²) >= 11 is 0. The molecule has 0 fully saturated rings. The minimum Gasteiger partial charge on any atom is -0.481 e. The maximum atomic E-state index is 11.9. The van der Waals surface area contributed by atoms with Crippen LogP contribution in [0.5, 0.6) is 0 Å². The number of hydrogen-bond acceptors (Lipinski definition) is 2. The molecule has 0 aromatic carbocycles. The van der Waals surface area contributed by atoms with Crippen molar-refractivity contribution < 1.29 is 14.7 Å². The Morgan fingerprint density at radius 1 is 0.690 bits per heavy atom. The minimum atomic E-state index is -0.908. The Morgan fingerprint density at radius 2 is 1.10 bits per heavy atom. The molecule has 0 heterocycles. The molecule has 1 N–H and O–H groups in total. The Kier molecular flexibility index (Phi) is 16.1. The first-order valence-electron chi connectivity index (χ1n) is 12.1. The average molecular weight is 412 g/mol. The fourth-order valence-corrected chi connectivity index (χ4v) is 3.88. The molecule has 0 bridgehead atoms. The van der Waals surface area contributed by atoms with Crippen LogP contribution in [0.2, 0.25) is 0 Å². The highest BCUT2D eigenvalue weighted by atomic mass is 16.4. The maximum absolute atomic E-state index is 11.9. The fraction of sp³-hybridized carbons (Fsp3) is 0.920. The normalized spacial score (nSPS) is 14.6. The molecule has 0 saturated heterocycles. The van der Waals surface area contributed by atoms with Crippen molar-refractivity contribution in [3.63, 3.8) is 0 Å². The van der Waals surface area contributed by atoms with Crippen LogP contribution in [0.4, 0.5) is 0 Å². The van der Waals surface area contributed by atoms with Gasteiger partial charge in [0.2, 0.25) is 5.91 Å². The second kappa shape index (κ2) is 16.7. The first-order valence-corrected chi connectivity index (χ1v) is 12.1. The molecule has 0 aliphatic rings. The van der Waals surface area contributed by atoms with Crippen molar-refractivity contribution in [1.82, 2.24) is 4.90 Å². The average Bonchev–Trinajstić information content (AvgIpc) is 2.63. The van der Waals surface area contributed by atoms with Crippen LogP contribution in [0.1, 0.15) is 112 Å². The zero-order valence-electron chi connectivity index (χ0n) is 20.2. The van der Waals surface area contributed by atoms with Gasteiger partial charge in [0.1, 0.15) is 0 Å².